The Hall–Kier alpha value is -3.92. The number of rotatable bonds is 6. The van der Waals surface area contributed by atoms with Gasteiger partial charge in [0.15, 0.2) is 0 Å². The summed E-state index contributed by atoms with van der Waals surface area (Å²) in [5.41, 5.74) is 1.27. The number of hydrogen-bond acceptors (Lipinski definition) is 6. The molecule has 2 atom stereocenters. The number of likely N-dealkylation sites (N-methyl/N-ethyl adjacent to an activating group) is 2. The van der Waals surface area contributed by atoms with Crippen molar-refractivity contribution in [2.24, 2.45) is 0 Å². The maximum absolute atomic E-state index is 13.4. The lowest BCUT2D eigenvalue weighted by Gasteiger charge is -2.25. The van der Waals surface area contributed by atoms with E-state index >= 15 is 0 Å². The summed E-state index contributed by atoms with van der Waals surface area (Å²) < 4.78 is 5.94. The minimum absolute atomic E-state index is 0.0491. The lowest BCUT2D eigenvalue weighted by atomic mass is 10.0. The smallest absolute Gasteiger partial charge is 0.255 e. The van der Waals surface area contributed by atoms with Crippen LogP contribution >= 0.6 is 0 Å². The monoisotopic (exact) mass is 579 g/mol. The predicted octanol–water partition coefficient (Wildman–Crippen LogP) is 2.38. The van der Waals surface area contributed by atoms with Gasteiger partial charge >= 0.3 is 0 Å². The van der Waals surface area contributed by atoms with Crippen molar-refractivity contribution in [3.63, 3.8) is 0 Å². The van der Waals surface area contributed by atoms with Gasteiger partial charge in [0.05, 0.1) is 12.2 Å². The molecule has 42 heavy (non-hydrogen) atoms. The first-order valence-electron chi connectivity index (χ1n) is 14.8. The van der Waals surface area contributed by atoms with Gasteiger partial charge in [-0.05, 0) is 51.1 Å². The third-order valence-electron chi connectivity index (χ3n) is 7.21. The minimum Gasteiger partial charge on any atom is -0.493 e. The first-order chi connectivity index (χ1) is 20.2. The highest BCUT2D eigenvalue weighted by atomic mass is 16.5. The molecule has 2 aromatic carbocycles. The van der Waals surface area contributed by atoms with Crippen LogP contribution in [0, 0.1) is 0 Å². The Balaban J connectivity index is 1.81. The summed E-state index contributed by atoms with van der Waals surface area (Å²) in [4.78, 5) is 56.7. The number of carbonyl (C=O) groups is 4. The van der Waals surface area contributed by atoms with Crippen molar-refractivity contribution in [1.82, 2.24) is 25.8 Å². The molecule has 0 saturated carbocycles. The number of ether oxygens (including phenoxy) is 1. The number of amides is 4. The average molecular weight is 580 g/mol. The molecule has 0 bridgehead atoms. The molecule has 228 valence electrons. The highest BCUT2D eigenvalue weighted by Gasteiger charge is 2.27. The van der Waals surface area contributed by atoms with Crippen LogP contribution in [0.25, 0.3) is 0 Å². The fourth-order valence-electron chi connectivity index (χ4n) is 4.77. The number of hydrogen-bond donors (Lipinski definition) is 3. The van der Waals surface area contributed by atoms with Crippen LogP contribution < -0.4 is 20.7 Å². The highest BCUT2D eigenvalue weighted by molar-refractivity contribution is 5.99. The SMILES string of the molecule is CN(C)CCNC(=O)[C@@H]1CCC(=O)N[C@@H](Cc2ccccc2)C(=O)N(C)CCCCCCOc2ccccc2C(=O)N1. The van der Waals surface area contributed by atoms with Crippen LogP contribution in [0.5, 0.6) is 5.75 Å². The van der Waals surface area contributed by atoms with Crippen LogP contribution in [0.15, 0.2) is 54.6 Å². The van der Waals surface area contributed by atoms with Gasteiger partial charge in [0, 0.05) is 39.5 Å². The van der Waals surface area contributed by atoms with Crippen LogP contribution in [0.3, 0.4) is 0 Å². The normalized spacial score (nSPS) is 19.8. The second-order valence-electron chi connectivity index (χ2n) is 11.0. The van der Waals surface area contributed by atoms with Crippen molar-refractivity contribution in [1.29, 1.82) is 0 Å². The summed E-state index contributed by atoms with van der Waals surface area (Å²) in [6.45, 7) is 2.05. The van der Waals surface area contributed by atoms with Gasteiger partial charge in [-0.2, -0.15) is 0 Å². The van der Waals surface area contributed by atoms with Crippen LogP contribution in [-0.4, -0.2) is 92.9 Å². The van der Waals surface area contributed by atoms with Crippen molar-refractivity contribution in [2.45, 2.75) is 57.0 Å². The van der Waals surface area contributed by atoms with Gasteiger partial charge in [0.1, 0.15) is 17.8 Å². The molecule has 0 aromatic heterocycles. The van der Waals surface area contributed by atoms with Gasteiger partial charge in [0.25, 0.3) is 5.91 Å². The zero-order valence-corrected chi connectivity index (χ0v) is 25.1. The van der Waals surface area contributed by atoms with Crippen LogP contribution in [0.1, 0.15) is 54.4 Å². The summed E-state index contributed by atoms with van der Waals surface area (Å²) >= 11 is 0. The minimum atomic E-state index is -0.952. The number of fused-ring (bicyclic) bond motifs is 1. The summed E-state index contributed by atoms with van der Waals surface area (Å²) in [5, 5.41) is 8.57. The highest BCUT2D eigenvalue weighted by Crippen LogP contribution is 2.19. The Morgan fingerprint density at radius 3 is 2.45 bits per heavy atom. The van der Waals surface area contributed by atoms with E-state index in [4.69, 9.17) is 4.74 Å². The maximum atomic E-state index is 13.4. The molecular formula is C32H45N5O5. The van der Waals surface area contributed by atoms with E-state index in [0.29, 0.717) is 44.0 Å². The van der Waals surface area contributed by atoms with E-state index in [9.17, 15) is 19.2 Å². The van der Waals surface area contributed by atoms with E-state index in [-0.39, 0.29) is 30.6 Å². The van der Waals surface area contributed by atoms with Crippen LogP contribution in [0.4, 0.5) is 0 Å². The Morgan fingerprint density at radius 1 is 0.976 bits per heavy atom. The molecule has 0 saturated heterocycles. The zero-order chi connectivity index (χ0) is 30.3. The molecule has 1 aliphatic heterocycles. The molecule has 10 nitrogen and oxygen atoms in total. The van der Waals surface area contributed by atoms with Gasteiger partial charge in [-0.3, -0.25) is 19.2 Å². The predicted molar refractivity (Wildman–Crippen MR) is 162 cm³/mol. The molecule has 1 heterocycles. The van der Waals surface area contributed by atoms with E-state index in [1.807, 2.05) is 49.3 Å². The third kappa shape index (κ3) is 10.8. The Morgan fingerprint density at radius 2 is 1.69 bits per heavy atom. The molecular weight excluding hydrogens is 534 g/mol. The van der Waals surface area contributed by atoms with E-state index < -0.39 is 18.0 Å². The van der Waals surface area contributed by atoms with Gasteiger partial charge in [-0.25, -0.2) is 0 Å². The number of benzene rings is 2. The molecule has 0 radical (unpaired) electrons. The van der Waals surface area contributed by atoms with Crippen molar-refractivity contribution >= 4 is 23.6 Å². The van der Waals surface area contributed by atoms with Crippen LogP contribution in [0.2, 0.25) is 0 Å². The van der Waals surface area contributed by atoms with Gasteiger partial charge in [-0.1, -0.05) is 55.3 Å². The van der Waals surface area contributed by atoms with E-state index in [1.165, 1.54) is 0 Å². The van der Waals surface area contributed by atoms with Crippen molar-refractivity contribution in [3.05, 3.63) is 65.7 Å². The van der Waals surface area contributed by atoms with Gasteiger partial charge in [0.2, 0.25) is 17.7 Å². The fraction of sp³-hybridized carbons (Fsp3) is 0.500. The number of para-hydroxylation sites is 1. The van der Waals surface area contributed by atoms with Crippen molar-refractivity contribution < 1.29 is 23.9 Å². The fourth-order valence-corrected chi connectivity index (χ4v) is 4.77. The summed E-state index contributed by atoms with van der Waals surface area (Å²) in [6.07, 6.45) is 3.84. The molecule has 10 heteroatoms. The Labute approximate surface area is 249 Å². The van der Waals surface area contributed by atoms with Gasteiger partial charge < -0.3 is 30.5 Å². The van der Waals surface area contributed by atoms with E-state index in [1.54, 1.807) is 36.2 Å². The molecule has 0 unspecified atom stereocenters. The second kappa shape index (κ2) is 17.1. The molecule has 1 aliphatic rings. The molecule has 4 amide bonds. The number of carbonyl (C=O) groups excluding carboxylic acids is 4. The van der Waals surface area contributed by atoms with Crippen LogP contribution in [-0.2, 0) is 20.8 Å². The lowest BCUT2D eigenvalue weighted by Crippen LogP contribution is -2.50. The molecule has 2 aromatic rings. The number of nitrogens with one attached hydrogen (secondary N) is 3. The average Bonchev–Trinajstić information content (AvgIpc) is 2.97. The topological polar surface area (TPSA) is 120 Å². The first kappa shape index (κ1) is 32.6. The largest absolute Gasteiger partial charge is 0.493 e. The zero-order valence-electron chi connectivity index (χ0n) is 25.1. The molecule has 0 spiro atoms. The quantitative estimate of drug-likeness (QED) is 0.484. The van der Waals surface area contributed by atoms with Crippen molar-refractivity contribution in [2.75, 3.05) is 47.4 Å². The van der Waals surface area contributed by atoms with Gasteiger partial charge in [-0.15, -0.1) is 0 Å². The van der Waals surface area contributed by atoms with E-state index in [0.717, 1.165) is 31.2 Å². The lowest BCUT2D eigenvalue weighted by molar-refractivity contribution is -0.135. The molecule has 3 rings (SSSR count). The van der Waals surface area contributed by atoms with Crippen molar-refractivity contribution in [3.8, 4) is 5.75 Å². The third-order valence-corrected chi connectivity index (χ3v) is 7.21. The molecule has 3 N–H and O–H groups in total. The summed E-state index contributed by atoms with van der Waals surface area (Å²) in [5.74, 6) is -0.893. The number of nitrogens with zero attached hydrogens (tertiary/aromatic N) is 2. The van der Waals surface area contributed by atoms with E-state index in [2.05, 4.69) is 16.0 Å². The molecule has 0 aliphatic carbocycles. The summed E-state index contributed by atoms with van der Waals surface area (Å²) in [6, 6.07) is 14.8. The molecule has 0 fully saturated rings. The summed E-state index contributed by atoms with van der Waals surface area (Å²) in [7, 11) is 5.56. The maximum Gasteiger partial charge on any atom is 0.255 e. The Kier molecular flexibility index (Phi) is 13.3. The Bertz CT molecular complexity index is 1170. The first-order valence-corrected chi connectivity index (χ1v) is 14.8. The second-order valence-corrected chi connectivity index (χ2v) is 11.0. The standard InChI is InChI=1S/C32H45N5O5/c1-36(2)21-19-33-31(40)26-17-18-29(38)34-27(23-24-13-7-6-8-14-24)32(41)37(3)20-11-4-5-12-22-42-28-16-10-9-15-25(28)30(39)35-26/h6-10,13-16,26-27H,4-5,11-12,17-23H2,1-3H3,(H,33,40)(H,34,38)(H,35,39)/t26-,27-/m0/s1.